The van der Waals surface area contributed by atoms with Gasteiger partial charge in [-0.1, -0.05) is 68.4 Å². The van der Waals surface area contributed by atoms with Gasteiger partial charge in [0, 0.05) is 23.2 Å². The van der Waals surface area contributed by atoms with Crippen molar-refractivity contribution in [3.63, 3.8) is 0 Å². The zero-order valence-corrected chi connectivity index (χ0v) is 15.8. The Bertz CT molecular complexity index is 1100. The van der Waals surface area contributed by atoms with E-state index in [1.165, 1.54) is 6.33 Å². The number of anilines is 1. The molecule has 0 aliphatic rings. The summed E-state index contributed by atoms with van der Waals surface area (Å²) in [6.07, 6.45) is 2.35. The van der Waals surface area contributed by atoms with Crippen molar-refractivity contribution in [1.29, 1.82) is 0 Å². The van der Waals surface area contributed by atoms with E-state index in [0.717, 1.165) is 40.7 Å². The first kappa shape index (κ1) is 17.9. The molecule has 4 rings (SSSR count). The Labute approximate surface area is 163 Å². The molecule has 0 aliphatic heterocycles. The van der Waals surface area contributed by atoms with Crippen LogP contribution in [-0.4, -0.2) is 22.8 Å². The molecule has 2 aromatic heterocycles. The Morgan fingerprint density at radius 3 is 2.43 bits per heavy atom. The molecule has 5 heteroatoms. The number of hydrogen-bond acceptors (Lipinski definition) is 5. The van der Waals surface area contributed by atoms with Gasteiger partial charge >= 0.3 is 0 Å². The molecule has 2 heterocycles. The minimum absolute atomic E-state index is 0.479. The third-order valence-electron chi connectivity index (χ3n) is 4.54. The smallest absolute Gasteiger partial charge is 0.232 e. The Morgan fingerprint density at radius 1 is 1.00 bits per heavy atom. The van der Waals surface area contributed by atoms with E-state index >= 15 is 0 Å². The van der Waals surface area contributed by atoms with Crippen LogP contribution in [-0.2, 0) is 0 Å². The largest absolute Gasteiger partial charge is 0.437 e. The minimum Gasteiger partial charge on any atom is -0.437 e. The fourth-order valence-electron chi connectivity index (χ4n) is 3.16. The van der Waals surface area contributed by atoms with Crippen molar-refractivity contribution in [2.24, 2.45) is 5.92 Å². The molecule has 0 unspecified atom stereocenters. The third-order valence-corrected chi connectivity index (χ3v) is 4.54. The van der Waals surface area contributed by atoms with Gasteiger partial charge in [0.2, 0.25) is 5.71 Å². The average Bonchev–Trinajstić information content (AvgIpc) is 3.13. The molecule has 5 nitrogen and oxygen atoms in total. The summed E-state index contributed by atoms with van der Waals surface area (Å²) in [6, 6.07) is 17.4. The molecule has 0 radical (unpaired) electrons. The summed E-state index contributed by atoms with van der Waals surface area (Å²) in [5.41, 5.74) is 4.02. The Morgan fingerprint density at radius 2 is 1.75 bits per heavy atom. The molecule has 28 heavy (non-hydrogen) atoms. The summed E-state index contributed by atoms with van der Waals surface area (Å²) in [5, 5.41) is 4.29. The number of furan rings is 1. The first-order valence-electron chi connectivity index (χ1n) is 9.29. The number of hydrogen-bond donors (Lipinski definition) is 1. The van der Waals surface area contributed by atoms with E-state index in [0.29, 0.717) is 23.0 Å². The molecule has 2 aromatic carbocycles. The molecule has 1 N–H and O–H groups in total. The quantitative estimate of drug-likeness (QED) is 0.457. The Balaban J connectivity index is 1.96. The molecule has 0 saturated carbocycles. The molecule has 0 saturated heterocycles. The molecular formula is C23H21N3O2. The molecular weight excluding hydrogens is 350 g/mol. The van der Waals surface area contributed by atoms with Gasteiger partial charge in [0.05, 0.1) is 5.39 Å². The fraction of sp³-hybridized carbons (Fsp3) is 0.174. The number of aldehydes is 1. The molecule has 140 valence electrons. The molecule has 0 spiro atoms. The second-order valence-corrected chi connectivity index (χ2v) is 7.09. The van der Waals surface area contributed by atoms with Crippen LogP contribution in [0, 0.1) is 5.92 Å². The predicted molar refractivity (Wildman–Crippen MR) is 111 cm³/mol. The summed E-state index contributed by atoms with van der Waals surface area (Å²) in [4.78, 5) is 19.8. The van der Waals surface area contributed by atoms with Crippen LogP contribution >= 0.6 is 0 Å². The third kappa shape index (κ3) is 3.39. The van der Waals surface area contributed by atoms with Gasteiger partial charge in [-0.3, -0.25) is 4.79 Å². The SMILES string of the molecule is CC(C)CNc1ncnc2oc(-c3ccc(C=O)cc3)c(-c3ccccc3)c12. The van der Waals surface area contributed by atoms with Crippen molar-refractivity contribution in [1.82, 2.24) is 9.97 Å². The maximum absolute atomic E-state index is 11.0. The maximum Gasteiger partial charge on any atom is 0.232 e. The van der Waals surface area contributed by atoms with Gasteiger partial charge in [-0.15, -0.1) is 0 Å². The van der Waals surface area contributed by atoms with E-state index < -0.39 is 0 Å². The highest BCUT2D eigenvalue weighted by Crippen LogP contribution is 2.42. The van der Waals surface area contributed by atoms with Gasteiger partial charge in [0.15, 0.2) is 0 Å². The summed E-state index contributed by atoms with van der Waals surface area (Å²) in [7, 11) is 0. The minimum atomic E-state index is 0.479. The van der Waals surface area contributed by atoms with Gasteiger partial charge < -0.3 is 9.73 Å². The van der Waals surface area contributed by atoms with Crippen LogP contribution in [0.2, 0.25) is 0 Å². The van der Waals surface area contributed by atoms with Crippen LogP contribution in [0.4, 0.5) is 5.82 Å². The highest BCUT2D eigenvalue weighted by Gasteiger charge is 2.22. The normalized spacial score (nSPS) is 11.1. The Hall–Kier alpha value is -3.47. The van der Waals surface area contributed by atoms with E-state index in [1.54, 1.807) is 12.1 Å². The van der Waals surface area contributed by atoms with Crippen LogP contribution < -0.4 is 5.32 Å². The number of nitrogens with one attached hydrogen (secondary N) is 1. The van der Waals surface area contributed by atoms with Gasteiger partial charge in [-0.25, -0.2) is 9.97 Å². The van der Waals surface area contributed by atoms with Crippen LogP contribution in [0.3, 0.4) is 0 Å². The second-order valence-electron chi connectivity index (χ2n) is 7.09. The van der Waals surface area contributed by atoms with Gasteiger partial charge in [-0.2, -0.15) is 0 Å². The van der Waals surface area contributed by atoms with E-state index in [2.05, 4.69) is 29.1 Å². The topological polar surface area (TPSA) is 68.0 Å². The number of carbonyl (C=O) groups excluding carboxylic acids is 1. The van der Waals surface area contributed by atoms with Crippen molar-refractivity contribution in [3.05, 3.63) is 66.5 Å². The van der Waals surface area contributed by atoms with Crippen molar-refractivity contribution in [3.8, 4) is 22.5 Å². The molecule has 0 amide bonds. The lowest BCUT2D eigenvalue weighted by molar-refractivity contribution is 0.112. The van der Waals surface area contributed by atoms with Crippen LogP contribution in [0.1, 0.15) is 24.2 Å². The summed E-state index contributed by atoms with van der Waals surface area (Å²) in [6.45, 7) is 5.10. The van der Waals surface area contributed by atoms with Crippen molar-refractivity contribution >= 4 is 23.2 Å². The average molecular weight is 371 g/mol. The van der Waals surface area contributed by atoms with E-state index in [4.69, 9.17) is 4.42 Å². The molecule has 4 aromatic rings. The zero-order chi connectivity index (χ0) is 19.5. The van der Waals surface area contributed by atoms with Crippen molar-refractivity contribution in [2.45, 2.75) is 13.8 Å². The highest BCUT2D eigenvalue weighted by atomic mass is 16.3. The number of nitrogens with zero attached hydrogens (tertiary/aromatic N) is 2. The molecule has 0 atom stereocenters. The zero-order valence-electron chi connectivity index (χ0n) is 15.8. The lowest BCUT2D eigenvalue weighted by Gasteiger charge is -2.10. The van der Waals surface area contributed by atoms with Crippen molar-refractivity contribution in [2.75, 3.05) is 11.9 Å². The van der Waals surface area contributed by atoms with E-state index in [1.807, 2.05) is 42.5 Å². The van der Waals surface area contributed by atoms with Crippen LogP contribution in [0.15, 0.2) is 65.3 Å². The fourth-order valence-corrected chi connectivity index (χ4v) is 3.16. The highest BCUT2D eigenvalue weighted by molar-refractivity contribution is 6.05. The van der Waals surface area contributed by atoms with Gasteiger partial charge in [0.25, 0.3) is 0 Å². The maximum atomic E-state index is 11.0. The molecule has 0 aliphatic carbocycles. The summed E-state index contributed by atoms with van der Waals surface area (Å²) in [5.74, 6) is 1.95. The first-order valence-corrected chi connectivity index (χ1v) is 9.29. The predicted octanol–water partition coefficient (Wildman–Crippen LogP) is 5.44. The number of carbonyl (C=O) groups is 1. The summed E-state index contributed by atoms with van der Waals surface area (Å²) >= 11 is 0. The standard InChI is InChI=1S/C23H21N3O2/c1-15(2)12-24-22-20-19(17-6-4-3-5-7-17)21(28-23(20)26-14-25-22)18-10-8-16(13-27)9-11-18/h3-11,13-15H,12H2,1-2H3,(H,24,25,26). The number of benzene rings is 2. The lowest BCUT2D eigenvalue weighted by Crippen LogP contribution is -2.09. The lowest BCUT2D eigenvalue weighted by atomic mass is 9.99. The first-order chi connectivity index (χ1) is 13.7. The van der Waals surface area contributed by atoms with Crippen LogP contribution in [0.25, 0.3) is 33.6 Å². The van der Waals surface area contributed by atoms with E-state index in [-0.39, 0.29) is 0 Å². The second kappa shape index (κ2) is 7.64. The van der Waals surface area contributed by atoms with Gasteiger partial charge in [0.1, 0.15) is 24.2 Å². The number of fused-ring (bicyclic) bond motifs is 1. The molecule has 0 bridgehead atoms. The summed E-state index contributed by atoms with van der Waals surface area (Å²) < 4.78 is 6.18. The van der Waals surface area contributed by atoms with E-state index in [9.17, 15) is 4.79 Å². The number of aromatic nitrogens is 2. The van der Waals surface area contributed by atoms with Crippen molar-refractivity contribution < 1.29 is 9.21 Å². The molecule has 0 fully saturated rings. The Kier molecular flexibility index (Phi) is 4.89. The van der Waals surface area contributed by atoms with Gasteiger partial charge in [-0.05, 0) is 11.5 Å². The van der Waals surface area contributed by atoms with Crippen LogP contribution in [0.5, 0.6) is 0 Å². The number of rotatable bonds is 6. The monoisotopic (exact) mass is 371 g/mol.